The van der Waals surface area contributed by atoms with E-state index in [1.165, 1.54) is 0 Å². The molecule has 4 amide bonds. The predicted molar refractivity (Wildman–Crippen MR) is 105 cm³/mol. The average Bonchev–Trinajstić information content (AvgIpc) is 3.25. The number of likely N-dealkylation sites (tertiary alicyclic amines) is 1. The minimum absolute atomic E-state index is 0.00520. The number of amides is 4. The van der Waals surface area contributed by atoms with E-state index in [9.17, 15) is 14.4 Å². The summed E-state index contributed by atoms with van der Waals surface area (Å²) >= 11 is 0. The van der Waals surface area contributed by atoms with Crippen molar-refractivity contribution in [1.29, 1.82) is 0 Å². The lowest BCUT2D eigenvalue weighted by Crippen LogP contribution is -2.51. The van der Waals surface area contributed by atoms with Gasteiger partial charge in [-0.1, -0.05) is 13.0 Å². The summed E-state index contributed by atoms with van der Waals surface area (Å²) < 4.78 is 10.8. The van der Waals surface area contributed by atoms with Gasteiger partial charge in [0.1, 0.15) is 17.0 Å². The zero-order valence-electron chi connectivity index (χ0n) is 17.3. The van der Waals surface area contributed by atoms with Gasteiger partial charge >= 0.3 is 6.03 Å². The van der Waals surface area contributed by atoms with Crippen molar-refractivity contribution < 1.29 is 23.9 Å². The lowest BCUT2D eigenvalue weighted by molar-refractivity contribution is -0.139. The van der Waals surface area contributed by atoms with E-state index in [-0.39, 0.29) is 12.6 Å². The molecule has 158 valence electrons. The van der Waals surface area contributed by atoms with Gasteiger partial charge < -0.3 is 14.8 Å². The number of carbonyl (C=O) groups is 3. The van der Waals surface area contributed by atoms with Crippen molar-refractivity contribution in [1.82, 2.24) is 20.7 Å². The Balaban J connectivity index is 1.69. The van der Waals surface area contributed by atoms with Crippen LogP contribution in [-0.2, 0) is 9.59 Å². The molecule has 2 N–H and O–H groups in total. The quantitative estimate of drug-likeness (QED) is 0.670. The summed E-state index contributed by atoms with van der Waals surface area (Å²) in [5.41, 5.74) is 2.44. The molecule has 2 atom stereocenters. The number of rotatable bonds is 7. The van der Waals surface area contributed by atoms with E-state index in [1.807, 2.05) is 23.1 Å². The van der Waals surface area contributed by atoms with Crippen LogP contribution in [-0.4, -0.2) is 60.6 Å². The second-order valence-electron chi connectivity index (χ2n) is 7.53. The van der Waals surface area contributed by atoms with Gasteiger partial charge in [-0.3, -0.25) is 19.9 Å². The predicted octanol–water partition coefficient (Wildman–Crippen LogP) is 1.59. The second-order valence-corrected chi connectivity index (χ2v) is 7.53. The summed E-state index contributed by atoms with van der Waals surface area (Å²) in [5.74, 6) is 0.543. The van der Waals surface area contributed by atoms with E-state index >= 15 is 0 Å². The lowest BCUT2D eigenvalue weighted by atomic mass is 10.00. The Morgan fingerprint density at radius 3 is 2.69 bits per heavy atom. The van der Waals surface area contributed by atoms with E-state index < -0.39 is 23.4 Å². The minimum atomic E-state index is -0.989. The number of ether oxygens (including phenoxy) is 2. The number of urea groups is 1. The highest BCUT2D eigenvalue weighted by Gasteiger charge is 2.47. The summed E-state index contributed by atoms with van der Waals surface area (Å²) in [5, 5.41) is 3.40. The average molecular weight is 404 g/mol. The largest absolute Gasteiger partial charge is 0.497 e. The number of hydrogen-bond donors (Lipinski definition) is 2. The third kappa shape index (κ3) is 4.00. The van der Waals surface area contributed by atoms with E-state index in [1.54, 1.807) is 28.1 Å². The molecule has 2 aliphatic rings. The van der Waals surface area contributed by atoms with E-state index in [2.05, 4.69) is 10.7 Å². The Morgan fingerprint density at radius 1 is 1.31 bits per heavy atom. The smallest absolute Gasteiger partial charge is 0.344 e. The van der Waals surface area contributed by atoms with Gasteiger partial charge in [-0.25, -0.2) is 4.79 Å². The molecule has 0 spiro atoms. The Kier molecular flexibility index (Phi) is 5.97. The Morgan fingerprint density at radius 2 is 2.07 bits per heavy atom. The first kappa shape index (κ1) is 20.9. The zero-order chi connectivity index (χ0) is 21.2. The zero-order valence-corrected chi connectivity index (χ0v) is 17.3. The molecule has 29 heavy (non-hydrogen) atoms. The highest BCUT2D eigenvalue weighted by molar-refractivity contribution is 6.07. The SMILES string of the molecule is CC[C@@]1(C)NC(=O)N(NC(=O)CN2CCC[C@H]2c2ccc(OC)cc2OC)C1=O. The van der Waals surface area contributed by atoms with Crippen LogP contribution in [0.15, 0.2) is 18.2 Å². The van der Waals surface area contributed by atoms with Crippen LogP contribution < -0.4 is 20.2 Å². The van der Waals surface area contributed by atoms with Crippen molar-refractivity contribution in [3.8, 4) is 11.5 Å². The van der Waals surface area contributed by atoms with Gasteiger partial charge in [0.25, 0.3) is 11.8 Å². The van der Waals surface area contributed by atoms with Crippen molar-refractivity contribution in [3.63, 3.8) is 0 Å². The number of methoxy groups -OCH3 is 2. The van der Waals surface area contributed by atoms with E-state index in [0.717, 1.165) is 30.0 Å². The standard InChI is InChI=1S/C20H28N4O5/c1-5-20(2)18(26)24(19(27)21-20)22-17(25)12-23-10-6-7-15(23)14-9-8-13(28-3)11-16(14)29-4/h8-9,11,15H,5-7,10,12H2,1-4H3,(H,21,27)(H,22,25)/t15-,20+/m0/s1. The van der Waals surface area contributed by atoms with Crippen molar-refractivity contribution in [2.75, 3.05) is 27.3 Å². The van der Waals surface area contributed by atoms with Crippen LogP contribution >= 0.6 is 0 Å². The number of imide groups is 1. The Hall–Kier alpha value is -2.81. The molecule has 9 heteroatoms. The maximum Gasteiger partial charge on any atom is 0.344 e. The summed E-state index contributed by atoms with van der Waals surface area (Å²) in [6.45, 7) is 4.26. The maximum absolute atomic E-state index is 12.6. The fourth-order valence-electron chi connectivity index (χ4n) is 3.83. The normalized spacial score (nSPS) is 24.6. The van der Waals surface area contributed by atoms with Crippen LogP contribution in [0.4, 0.5) is 4.79 Å². The van der Waals surface area contributed by atoms with Crippen LogP contribution in [0.1, 0.15) is 44.7 Å². The molecule has 2 heterocycles. The molecule has 0 unspecified atom stereocenters. The molecule has 0 radical (unpaired) electrons. The molecule has 1 aromatic carbocycles. The van der Waals surface area contributed by atoms with Gasteiger partial charge in [0.05, 0.1) is 20.8 Å². The minimum Gasteiger partial charge on any atom is -0.497 e. The van der Waals surface area contributed by atoms with Crippen molar-refractivity contribution in [2.24, 2.45) is 0 Å². The molecular weight excluding hydrogens is 376 g/mol. The fourth-order valence-corrected chi connectivity index (χ4v) is 3.83. The molecule has 1 aromatic rings. The maximum atomic E-state index is 12.6. The van der Waals surface area contributed by atoms with Gasteiger partial charge in [-0.2, -0.15) is 5.01 Å². The van der Waals surface area contributed by atoms with Gasteiger partial charge in [-0.15, -0.1) is 0 Å². The number of nitrogens with one attached hydrogen (secondary N) is 2. The molecule has 0 saturated carbocycles. The van der Waals surface area contributed by atoms with Gasteiger partial charge in [0.2, 0.25) is 0 Å². The third-order valence-electron chi connectivity index (χ3n) is 5.71. The number of hydrogen-bond acceptors (Lipinski definition) is 6. The van der Waals surface area contributed by atoms with Crippen molar-refractivity contribution >= 4 is 17.8 Å². The van der Waals surface area contributed by atoms with E-state index in [0.29, 0.717) is 17.9 Å². The monoisotopic (exact) mass is 404 g/mol. The van der Waals surface area contributed by atoms with Crippen LogP contribution in [0.2, 0.25) is 0 Å². The first-order chi connectivity index (χ1) is 13.8. The Bertz CT molecular complexity index is 814. The number of benzene rings is 1. The van der Waals surface area contributed by atoms with Crippen LogP contribution in [0.25, 0.3) is 0 Å². The molecule has 0 bridgehead atoms. The van der Waals surface area contributed by atoms with Gasteiger partial charge in [0, 0.05) is 17.7 Å². The van der Waals surface area contributed by atoms with E-state index in [4.69, 9.17) is 9.47 Å². The lowest BCUT2D eigenvalue weighted by Gasteiger charge is -2.26. The first-order valence-corrected chi connectivity index (χ1v) is 9.75. The fraction of sp³-hybridized carbons (Fsp3) is 0.550. The first-order valence-electron chi connectivity index (χ1n) is 9.75. The topological polar surface area (TPSA) is 100 Å². The number of hydrazine groups is 1. The van der Waals surface area contributed by atoms with Gasteiger partial charge in [-0.05, 0) is 38.8 Å². The highest BCUT2D eigenvalue weighted by atomic mass is 16.5. The van der Waals surface area contributed by atoms with Gasteiger partial charge in [0.15, 0.2) is 0 Å². The molecule has 2 aliphatic heterocycles. The molecule has 0 aromatic heterocycles. The summed E-state index contributed by atoms with van der Waals surface area (Å²) in [6, 6.07) is 5.04. The summed E-state index contributed by atoms with van der Waals surface area (Å²) in [4.78, 5) is 39.2. The molecule has 9 nitrogen and oxygen atoms in total. The highest BCUT2D eigenvalue weighted by Crippen LogP contribution is 2.38. The molecular formula is C20H28N4O5. The Labute approximate surface area is 170 Å². The number of nitrogens with zero attached hydrogens (tertiary/aromatic N) is 2. The second kappa shape index (κ2) is 8.28. The van der Waals surface area contributed by atoms with Crippen molar-refractivity contribution in [2.45, 2.75) is 44.7 Å². The molecule has 2 fully saturated rings. The number of carbonyl (C=O) groups excluding carboxylic acids is 3. The van der Waals surface area contributed by atoms with Crippen molar-refractivity contribution in [3.05, 3.63) is 23.8 Å². The van der Waals surface area contributed by atoms with Crippen LogP contribution in [0, 0.1) is 0 Å². The van der Waals surface area contributed by atoms with Crippen LogP contribution in [0.3, 0.4) is 0 Å². The molecule has 0 aliphatic carbocycles. The third-order valence-corrected chi connectivity index (χ3v) is 5.71. The van der Waals surface area contributed by atoms with Crippen LogP contribution in [0.5, 0.6) is 11.5 Å². The summed E-state index contributed by atoms with van der Waals surface area (Å²) in [7, 11) is 3.20. The summed E-state index contributed by atoms with van der Waals surface area (Å²) in [6.07, 6.45) is 2.26. The molecule has 2 saturated heterocycles. The molecule has 3 rings (SSSR count).